The lowest BCUT2D eigenvalue weighted by Crippen LogP contribution is -2.46. The van der Waals surface area contributed by atoms with Crippen LogP contribution in [0.25, 0.3) is 28.3 Å². The van der Waals surface area contributed by atoms with E-state index in [1.54, 1.807) is 43.8 Å². The number of furan rings is 1. The van der Waals surface area contributed by atoms with E-state index < -0.39 is 0 Å². The minimum Gasteiger partial charge on any atom is -0.493 e. The van der Waals surface area contributed by atoms with E-state index in [2.05, 4.69) is 20.6 Å². The van der Waals surface area contributed by atoms with Crippen molar-refractivity contribution in [3.05, 3.63) is 77.8 Å². The molecule has 0 saturated carbocycles. The average molecular weight is 513 g/mol. The number of fused-ring (bicyclic) bond motifs is 1. The van der Waals surface area contributed by atoms with E-state index in [0.717, 1.165) is 29.6 Å². The number of nitrogens with one attached hydrogen (secondary N) is 2. The molecule has 194 valence electrons. The third-order valence-corrected chi connectivity index (χ3v) is 6.24. The Kier molecular flexibility index (Phi) is 7.32. The van der Waals surface area contributed by atoms with E-state index in [4.69, 9.17) is 14.9 Å². The number of aromatic nitrogens is 2. The summed E-state index contributed by atoms with van der Waals surface area (Å²) < 4.78 is 11.5. The number of hydrogen-bond acceptors (Lipinski definition) is 8. The summed E-state index contributed by atoms with van der Waals surface area (Å²) in [4.78, 5) is 35.4. The third kappa shape index (κ3) is 5.65. The summed E-state index contributed by atoms with van der Waals surface area (Å²) in [7, 11) is 1.57. The maximum Gasteiger partial charge on any atom is 0.255 e. The van der Waals surface area contributed by atoms with Gasteiger partial charge in [-0.2, -0.15) is 0 Å². The number of nitrogen functional groups attached to an aromatic ring is 1. The zero-order valence-electron chi connectivity index (χ0n) is 20.9. The maximum atomic E-state index is 12.7. The highest BCUT2D eigenvalue weighted by molar-refractivity contribution is 5.95. The van der Waals surface area contributed by atoms with Crippen molar-refractivity contribution in [2.24, 2.45) is 0 Å². The summed E-state index contributed by atoms with van der Waals surface area (Å²) in [6.07, 6.45) is 6.29. The van der Waals surface area contributed by atoms with Gasteiger partial charge in [-0.15, -0.1) is 0 Å². The topological polar surface area (TPSA) is 136 Å². The first-order chi connectivity index (χ1) is 18.5. The molecule has 0 spiro atoms. The average Bonchev–Trinajstić information content (AvgIpc) is 3.38. The van der Waals surface area contributed by atoms with E-state index in [-0.39, 0.29) is 18.4 Å². The number of rotatable bonds is 7. The number of ether oxygens (including phenoxy) is 1. The molecule has 4 aromatic rings. The van der Waals surface area contributed by atoms with Gasteiger partial charge in [-0.3, -0.25) is 14.6 Å². The number of hydrogen-bond donors (Lipinski definition) is 3. The number of methoxy groups -OCH3 is 1. The number of nitrogens with two attached hydrogens (primary N) is 1. The number of anilines is 1. The van der Waals surface area contributed by atoms with Crippen LogP contribution >= 0.6 is 0 Å². The smallest absolute Gasteiger partial charge is 0.255 e. The van der Waals surface area contributed by atoms with Crippen molar-refractivity contribution in [3.63, 3.8) is 0 Å². The zero-order chi connectivity index (χ0) is 26.5. The zero-order valence-corrected chi connectivity index (χ0v) is 20.9. The van der Waals surface area contributed by atoms with Crippen LogP contribution in [0.5, 0.6) is 5.75 Å². The van der Waals surface area contributed by atoms with E-state index >= 15 is 0 Å². The highest BCUT2D eigenvalue weighted by atomic mass is 16.5. The summed E-state index contributed by atoms with van der Waals surface area (Å²) in [6, 6.07) is 12.7. The van der Waals surface area contributed by atoms with E-state index in [9.17, 15) is 9.59 Å². The van der Waals surface area contributed by atoms with Crippen molar-refractivity contribution in [2.45, 2.75) is 6.54 Å². The fraction of sp³-hybridized carbons (Fsp3) is 0.214. The molecule has 4 heterocycles. The second-order valence-corrected chi connectivity index (χ2v) is 8.85. The van der Waals surface area contributed by atoms with Crippen LogP contribution in [0.4, 0.5) is 5.82 Å². The SMILES string of the molecule is COc1cc(-c2ccc(C(=O)N3CCNCC3)cn2)cc2cc(CNC(=O)/C=C/c3ccc(N)nc3)oc12. The lowest BCUT2D eigenvalue weighted by Gasteiger charge is -2.27. The Morgan fingerprint density at radius 1 is 1.13 bits per heavy atom. The summed E-state index contributed by atoms with van der Waals surface area (Å²) in [6.45, 7) is 3.18. The molecule has 1 aliphatic heterocycles. The molecule has 10 nitrogen and oxygen atoms in total. The standard InChI is InChI=1S/C28H28N6O4/c1-37-24-14-20(23-5-4-19(16-31-23)28(36)34-10-8-30-9-11-34)12-21-13-22(38-27(21)24)17-33-26(35)7-3-18-2-6-25(29)32-15-18/h2-7,12-16,30H,8-11,17H2,1H3,(H2,29,32)(H,33,35)/b7-3+. The Morgan fingerprint density at radius 3 is 2.68 bits per heavy atom. The maximum absolute atomic E-state index is 12.7. The van der Waals surface area contributed by atoms with Gasteiger partial charge in [0.2, 0.25) is 5.91 Å². The monoisotopic (exact) mass is 512 g/mol. The summed E-state index contributed by atoms with van der Waals surface area (Å²) in [5, 5.41) is 6.87. The fourth-order valence-corrected chi connectivity index (χ4v) is 4.22. The molecule has 0 bridgehead atoms. The summed E-state index contributed by atoms with van der Waals surface area (Å²) >= 11 is 0. The molecule has 1 aliphatic rings. The van der Waals surface area contributed by atoms with Gasteiger partial charge in [-0.1, -0.05) is 0 Å². The normalized spacial score (nSPS) is 13.7. The van der Waals surface area contributed by atoms with Gasteiger partial charge >= 0.3 is 0 Å². The van der Waals surface area contributed by atoms with Crippen LogP contribution in [-0.4, -0.2) is 60.0 Å². The number of piperazine rings is 1. The van der Waals surface area contributed by atoms with Gasteiger partial charge in [0.05, 0.1) is 24.9 Å². The van der Waals surface area contributed by atoms with Crippen LogP contribution < -0.4 is 21.1 Å². The Hall–Kier alpha value is -4.70. The summed E-state index contributed by atoms with van der Waals surface area (Å²) in [5.41, 5.74) is 9.02. The van der Waals surface area contributed by atoms with Gasteiger partial charge in [0.1, 0.15) is 11.6 Å². The third-order valence-electron chi connectivity index (χ3n) is 6.24. The largest absolute Gasteiger partial charge is 0.493 e. The molecule has 3 aromatic heterocycles. The Morgan fingerprint density at radius 2 is 1.97 bits per heavy atom. The van der Waals surface area contributed by atoms with Gasteiger partial charge in [0, 0.05) is 55.6 Å². The highest BCUT2D eigenvalue weighted by Gasteiger charge is 2.19. The minimum absolute atomic E-state index is 0.0138. The van der Waals surface area contributed by atoms with Crippen LogP contribution in [0, 0.1) is 0 Å². The van der Waals surface area contributed by atoms with Crippen molar-refractivity contribution in [1.82, 2.24) is 25.5 Å². The quantitative estimate of drug-likeness (QED) is 0.322. The predicted octanol–water partition coefficient (Wildman–Crippen LogP) is 2.86. The van der Waals surface area contributed by atoms with E-state index in [1.165, 1.54) is 6.08 Å². The molecule has 1 saturated heterocycles. The first kappa shape index (κ1) is 25.0. The number of nitrogens with zero attached hydrogens (tertiary/aromatic N) is 3. The van der Waals surface area contributed by atoms with Gasteiger partial charge in [0.25, 0.3) is 5.91 Å². The molecule has 1 fully saturated rings. The lowest BCUT2D eigenvalue weighted by molar-refractivity contribution is -0.116. The molecular weight excluding hydrogens is 484 g/mol. The Balaban J connectivity index is 1.29. The van der Waals surface area contributed by atoms with Crippen LogP contribution in [-0.2, 0) is 11.3 Å². The first-order valence-corrected chi connectivity index (χ1v) is 12.2. The van der Waals surface area contributed by atoms with E-state index in [0.29, 0.717) is 47.3 Å². The molecule has 10 heteroatoms. The lowest BCUT2D eigenvalue weighted by atomic mass is 10.1. The molecule has 38 heavy (non-hydrogen) atoms. The molecule has 0 unspecified atom stereocenters. The highest BCUT2D eigenvalue weighted by Crippen LogP contribution is 2.34. The molecular formula is C28H28N6O4. The molecule has 1 aromatic carbocycles. The van der Waals surface area contributed by atoms with Crippen LogP contribution in [0.2, 0.25) is 0 Å². The molecule has 5 rings (SSSR count). The Labute approximate surface area is 219 Å². The van der Waals surface area contributed by atoms with Gasteiger partial charge < -0.3 is 30.4 Å². The van der Waals surface area contributed by atoms with Crippen molar-refractivity contribution >= 4 is 34.7 Å². The second kappa shape index (κ2) is 11.1. The van der Waals surface area contributed by atoms with Crippen molar-refractivity contribution in [2.75, 3.05) is 39.0 Å². The van der Waals surface area contributed by atoms with Crippen LogP contribution in [0.15, 0.2) is 65.4 Å². The minimum atomic E-state index is -0.269. The number of carbonyl (C=O) groups is 2. The van der Waals surface area contributed by atoms with Crippen molar-refractivity contribution in [1.29, 1.82) is 0 Å². The van der Waals surface area contributed by atoms with E-state index in [1.807, 2.05) is 29.2 Å². The molecule has 0 atom stereocenters. The van der Waals surface area contributed by atoms with Gasteiger partial charge in [0.15, 0.2) is 11.3 Å². The molecule has 0 radical (unpaired) electrons. The molecule has 2 amide bonds. The van der Waals surface area contributed by atoms with Crippen molar-refractivity contribution in [3.8, 4) is 17.0 Å². The second-order valence-electron chi connectivity index (χ2n) is 8.85. The number of amides is 2. The number of pyridine rings is 2. The number of carbonyl (C=O) groups excluding carboxylic acids is 2. The first-order valence-electron chi connectivity index (χ1n) is 12.2. The predicted molar refractivity (Wildman–Crippen MR) is 144 cm³/mol. The Bertz CT molecular complexity index is 1470. The fourth-order valence-electron chi connectivity index (χ4n) is 4.22. The van der Waals surface area contributed by atoms with Crippen molar-refractivity contribution < 1.29 is 18.7 Å². The number of benzene rings is 1. The molecule has 0 aliphatic carbocycles. The van der Waals surface area contributed by atoms with Gasteiger partial charge in [-0.25, -0.2) is 4.98 Å². The van der Waals surface area contributed by atoms with Crippen LogP contribution in [0.3, 0.4) is 0 Å². The van der Waals surface area contributed by atoms with Gasteiger partial charge in [-0.05, 0) is 54.1 Å². The molecule has 4 N–H and O–H groups in total. The summed E-state index contributed by atoms with van der Waals surface area (Å²) in [5.74, 6) is 1.27. The van der Waals surface area contributed by atoms with Crippen LogP contribution in [0.1, 0.15) is 21.7 Å².